The number of nitrogens with one attached hydrogen (secondary N) is 2. The van der Waals surface area contributed by atoms with Crippen molar-refractivity contribution in [2.24, 2.45) is 5.10 Å². The minimum Gasteiger partial charge on any atom is -0.444 e. The summed E-state index contributed by atoms with van der Waals surface area (Å²) in [5.74, 6) is -0.403. The Hall–Kier alpha value is -3.22. The Morgan fingerprint density at radius 1 is 1.16 bits per heavy atom. The first-order valence-corrected chi connectivity index (χ1v) is 7.68. The van der Waals surface area contributed by atoms with Crippen molar-refractivity contribution >= 4 is 23.9 Å². The third-order valence-electron chi connectivity index (χ3n) is 2.81. The molecule has 25 heavy (non-hydrogen) atoms. The van der Waals surface area contributed by atoms with Gasteiger partial charge in [0.15, 0.2) is 0 Å². The summed E-state index contributed by atoms with van der Waals surface area (Å²) in [5, 5.41) is 6.53. The fourth-order valence-electron chi connectivity index (χ4n) is 1.84. The number of amides is 2. The van der Waals surface area contributed by atoms with Crippen molar-refractivity contribution in [3.05, 3.63) is 59.9 Å². The van der Waals surface area contributed by atoms with E-state index >= 15 is 0 Å². The number of hydrazone groups is 1. The van der Waals surface area contributed by atoms with Crippen LogP contribution in [0, 0.1) is 0 Å². The van der Waals surface area contributed by atoms with Crippen LogP contribution in [0.3, 0.4) is 0 Å². The average Bonchev–Trinajstić information content (AvgIpc) is 2.54. The lowest BCUT2D eigenvalue weighted by Crippen LogP contribution is -2.27. The molecule has 0 fully saturated rings. The maximum Gasteiger partial charge on any atom is 0.412 e. The number of hydrogen-bond acceptors (Lipinski definition) is 5. The van der Waals surface area contributed by atoms with Crippen LogP contribution in [0.2, 0.25) is 0 Å². The van der Waals surface area contributed by atoms with Gasteiger partial charge in [-0.25, -0.2) is 10.2 Å². The molecule has 0 aliphatic carbocycles. The summed E-state index contributed by atoms with van der Waals surface area (Å²) < 4.78 is 5.20. The molecule has 7 nitrogen and oxygen atoms in total. The van der Waals surface area contributed by atoms with Crippen LogP contribution in [-0.4, -0.2) is 28.8 Å². The van der Waals surface area contributed by atoms with Crippen LogP contribution in [0.4, 0.5) is 10.5 Å². The van der Waals surface area contributed by atoms with Crippen LogP contribution in [0.5, 0.6) is 0 Å². The second kappa shape index (κ2) is 8.05. The molecule has 0 atom stereocenters. The van der Waals surface area contributed by atoms with Crippen LogP contribution in [0.15, 0.2) is 53.8 Å². The number of ether oxygens (including phenoxy) is 1. The largest absolute Gasteiger partial charge is 0.444 e. The highest BCUT2D eigenvalue weighted by atomic mass is 16.6. The summed E-state index contributed by atoms with van der Waals surface area (Å²) in [6.07, 6.45) is 2.47. The minimum atomic E-state index is -0.571. The molecule has 0 unspecified atom stereocenters. The average molecular weight is 340 g/mol. The van der Waals surface area contributed by atoms with E-state index in [2.05, 4.69) is 20.8 Å². The molecule has 1 heterocycles. The summed E-state index contributed by atoms with van der Waals surface area (Å²) >= 11 is 0. The fraction of sp³-hybridized carbons (Fsp3) is 0.222. The number of rotatable bonds is 4. The van der Waals surface area contributed by atoms with Crippen molar-refractivity contribution in [2.75, 3.05) is 5.32 Å². The molecule has 0 radical (unpaired) electrons. The van der Waals surface area contributed by atoms with E-state index in [1.165, 1.54) is 12.4 Å². The molecule has 0 saturated carbocycles. The lowest BCUT2D eigenvalue weighted by molar-refractivity contribution is 0.0635. The summed E-state index contributed by atoms with van der Waals surface area (Å²) in [6, 6.07) is 12.0. The van der Waals surface area contributed by atoms with Gasteiger partial charge in [0.1, 0.15) is 11.3 Å². The number of anilines is 1. The molecule has 2 amide bonds. The van der Waals surface area contributed by atoms with Crippen molar-refractivity contribution < 1.29 is 14.3 Å². The normalized spacial score (nSPS) is 11.2. The van der Waals surface area contributed by atoms with Gasteiger partial charge in [-0.1, -0.05) is 18.2 Å². The maximum absolute atomic E-state index is 11.8. The predicted octanol–water partition coefficient (Wildman–Crippen LogP) is 3.19. The summed E-state index contributed by atoms with van der Waals surface area (Å²) in [7, 11) is 0. The lowest BCUT2D eigenvalue weighted by Gasteiger charge is -2.19. The Morgan fingerprint density at radius 3 is 2.64 bits per heavy atom. The molecule has 0 aliphatic heterocycles. The maximum atomic E-state index is 11.8. The van der Waals surface area contributed by atoms with Crippen LogP contribution >= 0.6 is 0 Å². The fourth-order valence-corrected chi connectivity index (χ4v) is 1.84. The van der Waals surface area contributed by atoms with Crippen molar-refractivity contribution in [2.45, 2.75) is 26.4 Å². The Balaban J connectivity index is 1.94. The van der Waals surface area contributed by atoms with E-state index in [0.29, 0.717) is 11.3 Å². The minimum absolute atomic E-state index is 0.278. The van der Waals surface area contributed by atoms with Gasteiger partial charge in [-0.15, -0.1) is 0 Å². The van der Waals surface area contributed by atoms with Crippen LogP contribution < -0.4 is 10.7 Å². The van der Waals surface area contributed by atoms with E-state index in [1.807, 2.05) is 0 Å². The van der Waals surface area contributed by atoms with Gasteiger partial charge in [0.25, 0.3) is 5.91 Å². The van der Waals surface area contributed by atoms with Gasteiger partial charge in [-0.2, -0.15) is 5.10 Å². The highest BCUT2D eigenvalue weighted by Gasteiger charge is 2.16. The monoisotopic (exact) mass is 340 g/mol. The van der Waals surface area contributed by atoms with E-state index in [1.54, 1.807) is 63.2 Å². The van der Waals surface area contributed by atoms with E-state index in [9.17, 15) is 9.59 Å². The van der Waals surface area contributed by atoms with Gasteiger partial charge in [0, 0.05) is 11.9 Å². The second-order valence-corrected chi connectivity index (χ2v) is 6.17. The third-order valence-corrected chi connectivity index (χ3v) is 2.81. The van der Waals surface area contributed by atoms with Crippen LogP contribution in [-0.2, 0) is 4.74 Å². The molecule has 0 aliphatic rings. The highest BCUT2D eigenvalue weighted by Crippen LogP contribution is 2.12. The predicted molar refractivity (Wildman–Crippen MR) is 95.6 cm³/mol. The summed E-state index contributed by atoms with van der Waals surface area (Å²) in [6.45, 7) is 5.37. The van der Waals surface area contributed by atoms with Crippen molar-refractivity contribution in [3.8, 4) is 0 Å². The number of hydrogen-bond donors (Lipinski definition) is 2. The van der Waals surface area contributed by atoms with E-state index < -0.39 is 17.6 Å². The van der Waals surface area contributed by atoms with E-state index in [-0.39, 0.29) is 5.69 Å². The summed E-state index contributed by atoms with van der Waals surface area (Å²) in [5.41, 5.74) is 3.37. The van der Waals surface area contributed by atoms with Gasteiger partial charge in [-0.3, -0.25) is 15.1 Å². The van der Waals surface area contributed by atoms with Gasteiger partial charge in [0.05, 0.1) is 6.21 Å². The Morgan fingerprint density at radius 2 is 1.96 bits per heavy atom. The highest BCUT2D eigenvalue weighted by molar-refractivity contribution is 5.93. The SMILES string of the molecule is CC(C)(C)OC(=O)Nc1cccc(/C=N/NC(=O)c2ccccn2)c1. The molecule has 2 aromatic rings. The number of carbonyl (C=O) groups is 2. The van der Waals surface area contributed by atoms with Gasteiger partial charge >= 0.3 is 6.09 Å². The Labute approximate surface area is 146 Å². The smallest absolute Gasteiger partial charge is 0.412 e. The number of aromatic nitrogens is 1. The zero-order valence-electron chi connectivity index (χ0n) is 14.3. The molecule has 1 aromatic heterocycles. The molecule has 0 bridgehead atoms. The number of nitrogens with zero attached hydrogens (tertiary/aromatic N) is 2. The molecule has 1 aromatic carbocycles. The van der Waals surface area contributed by atoms with Crippen molar-refractivity contribution in [1.29, 1.82) is 0 Å². The first-order chi connectivity index (χ1) is 11.8. The molecule has 7 heteroatoms. The third kappa shape index (κ3) is 6.42. The van der Waals surface area contributed by atoms with E-state index in [4.69, 9.17) is 4.74 Å². The molecule has 0 spiro atoms. The lowest BCUT2D eigenvalue weighted by atomic mass is 10.2. The topological polar surface area (TPSA) is 92.7 Å². The first kappa shape index (κ1) is 18.1. The Bertz CT molecular complexity index is 767. The molecule has 2 N–H and O–H groups in total. The number of benzene rings is 1. The molecular weight excluding hydrogens is 320 g/mol. The zero-order valence-corrected chi connectivity index (χ0v) is 14.3. The van der Waals surface area contributed by atoms with Gasteiger partial charge in [-0.05, 0) is 50.6 Å². The number of pyridine rings is 1. The zero-order chi connectivity index (χ0) is 18.3. The van der Waals surface area contributed by atoms with Gasteiger partial charge in [0.2, 0.25) is 0 Å². The molecular formula is C18H20N4O3. The molecule has 0 saturated heterocycles. The van der Waals surface area contributed by atoms with Crippen LogP contribution in [0.25, 0.3) is 0 Å². The van der Waals surface area contributed by atoms with Crippen molar-refractivity contribution in [3.63, 3.8) is 0 Å². The first-order valence-electron chi connectivity index (χ1n) is 7.68. The van der Waals surface area contributed by atoms with Gasteiger partial charge < -0.3 is 4.74 Å². The molecule has 130 valence electrons. The quantitative estimate of drug-likeness (QED) is 0.660. The van der Waals surface area contributed by atoms with Crippen LogP contribution in [0.1, 0.15) is 36.8 Å². The standard InChI is InChI=1S/C18H20N4O3/c1-18(2,3)25-17(24)21-14-8-6-7-13(11-14)12-20-22-16(23)15-9-4-5-10-19-15/h4-12H,1-3H3,(H,21,24)(H,22,23)/b20-12+. The number of carbonyl (C=O) groups excluding carboxylic acids is 2. The van der Waals surface area contributed by atoms with Crippen molar-refractivity contribution in [1.82, 2.24) is 10.4 Å². The molecule has 2 rings (SSSR count). The second-order valence-electron chi connectivity index (χ2n) is 6.17. The Kier molecular flexibility index (Phi) is 5.84. The summed E-state index contributed by atoms with van der Waals surface area (Å²) in [4.78, 5) is 27.5. The van der Waals surface area contributed by atoms with E-state index in [0.717, 1.165) is 0 Å².